The van der Waals surface area contributed by atoms with Crippen LogP contribution >= 0.6 is 0 Å². The average Bonchev–Trinajstić information content (AvgIpc) is 2.85. The van der Waals surface area contributed by atoms with E-state index >= 15 is 0 Å². The van der Waals surface area contributed by atoms with Crippen molar-refractivity contribution in [2.24, 2.45) is 0 Å². The van der Waals surface area contributed by atoms with Crippen LogP contribution in [0.1, 0.15) is 75.7 Å². The van der Waals surface area contributed by atoms with Gasteiger partial charge in [0.1, 0.15) is 5.75 Å². The summed E-state index contributed by atoms with van der Waals surface area (Å²) >= 11 is 0. The Labute approximate surface area is 163 Å². The van der Waals surface area contributed by atoms with Gasteiger partial charge < -0.3 is 9.84 Å². The van der Waals surface area contributed by atoms with Gasteiger partial charge in [-0.05, 0) is 71.9 Å². The van der Waals surface area contributed by atoms with E-state index in [0.29, 0.717) is 11.3 Å². The molecule has 0 saturated heterocycles. The minimum Gasteiger partial charge on any atom is -0.453 e. The third-order valence-electron chi connectivity index (χ3n) is 4.95. The highest BCUT2D eigenvalue weighted by atomic mass is 16.6. The van der Waals surface area contributed by atoms with Crippen LogP contribution in [0.2, 0.25) is 0 Å². The molecule has 0 unspecified atom stereocenters. The van der Waals surface area contributed by atoms with Gasteiger partial charge in [-0.2, -0.15) is 0 Å². The van der Waals surface area contributed by atoms with Crippen LogP contribution in [0.25, 0.3) is 0 Å². The molecule has 1 heterocycles. The Morgan fingerprint density at radius 3 is 2.30 bits per heavy atom. The molecule has 0 bridgehead atoms. The lowest BCUT2D eigenvalue weighted by Crippen LogP contribution is -2.39. The molecule has 0 aliphatic carbocycles. The molecule has 1 aromatic rings. The lowest BCUT2D eigenvalue weighted by atomic mass is 9.98. The number of hydrogen-bond acceptors (Lipinski definition) is 3. The van der Waals surface area contributed by atoms with Crippen molar-refractivity contribution in [2.75, 3.05) is 0 Å². The van der Waals surface area contributed by atoms with Gasteiger partial charge in [0, 0.05) is 6.42 Å². The first-order valence-corrected chi connectivity index (χ1v) is 9.73. The maximum atomic E-state index is 12.6. The molecule has 146 valence electrons. The Morgan fingerprint density at radius 1 is 1.04 bits per heavy atom. The summed E-state index contributed by atoms with van der Waals surface area (Å²) in [5, 5.41) is 10.7. The molecule has 1 aromatic carbocycles. The second kappa shape index (κ2) is 9.18. The van der Waals surface area contributed by atoms with Gasteiger partial charge in [-0.1, -0.05) is 47.1 Å². The van der Waals surface area contributed by atoms with Crippen LogP contribution in [0.4, 0.5) is 0 Å². The van der Waals surface area contributed by atoms with E-state index in [1.165, 1.54) is 11.1 Å². The minimum absolute atomic E-state index is 0.176. The number of carbonyl (C=O) groups excluding carboxylic acids is 1. The maximum absolute atomic E-state index is 12.6. The number of benzene rings is 1. The van der Waals surface area contributed by atoms with Crippen molar-refractivity contribution in [3.8, 4) is 5.75 Å². The predicted octanol–water partition coefficient (Wildman–Crippen LogP) is 6.07. The zero-order chi connectivity index (χ0) is 20.0. The second-order valence-corrected chi connectivity index (χ2v) is 7.83. The van der Waals surface area contributed by atoms with E-state index in [0.717, 1.165) is 36.8 Å². The number of Topliss-reactive ketones (excluding diaryl/α,β-unsaturated/α-hetero) is 1. The van der Waals surface area contributed by atoms with Crippen LogP contribution < -0.4 is 4.74 Å². The molecule has 0 aromatic heterocycles. The molecule has 3 nitrogen and oxygen atoms in total. The summed E-state index contributed by atoms with van der Waals surface area (Å²) < 4.78 is 5.59. The molecule has 0 radical (unpaired) electrons. The summed E-state index contributed by atoms with van der Waals surface area (Å²) in [6.07, 6.45) is 10.7. The monoisotopic (exact) mass is 368 g/mol. The third-order valence-corrected chi connectivity index (χ3v) is 4.95. The van der Waals surface area contributed by atoms with E-state index in [2.05, 4.69) is 32.9 Å². The van der Waals surface area contributed by atoms with E-state index in [-0.39, 0.29) is 12.2 Å². The first-order valence-electron chi connectivity index (χ1n) is 9.73. The zero-order valence-electron chi connectivity index (χ0n) is 17.3. The SMILES string of the molecule is CC(C)=CCC/C(C)=C\CC/C(C)=C/C[C@]1(O)Oc2cccc(C)c2C1=O. The number of rotatable bonds is 8. The van der Waals surface area contributed by atoms with Crippen molar-refractivity contribution in [3.63, 3.8) is 0 Å². The van der Waals surface area contributed by atoms with Crippen molar-refractivity contribution < 1.29 is 14.6 Å². The van der Waals surface area contributed by atoms with Crippen molar-refractivity contribution in [1.82, 2.24) is 0 Å². The second-order valence-electron chi connectivity index (χ2n) is 7.83. The maximum Gasteiger partial charge on any atom is 0.276 e. The number of ketones is 1. The van der Waals surface area contributed by atoms with Gasteiger partial charge in [-0.15, -0.1) is 0 Å². The Bertz CT molecular complexity index is 779. The molecule has 0 spiro atoms. The molecule has 1 atom stereocenters. The molecule has 27 heavy (non-hydrogen) atoms. The van der Waals surface area contributed by atoms with Crippen LogP contribution in [0.5, 0.6) is 5.75 Å². The molecular formula is C24H32O3. The Balaban J connectivity index is 1.88. The molecular weight excluding hydrogens is 336 g/mol. The Hall–Kier alpha value is -2.13. The average molecular weight is 369 g/mol. The van der Waals surface area contributed by atoms with Gasteiger partial charge in [0.2, 0.25) is 5.78 Å². The minimum atomic E-state index is -1.77. The predicted molar refractivity (Wildman–Crippen MR) is 111 cm³/mol. The fourth-order valence-electron chi connectivity index (χ4n) is 3.23. The normalized spacial score (nSPS) is 19.7. The quantitative estimate of drug-likeness (QED) is 0.567. The number of aryl methyl sites for hydroxylation is 1. The van der Waals surface area contributed by atoms with Gasteiger partial charge >= 0.3 is 0 Å². The number of hydrogen-bond donors (Lipinski definition) is 1. The topological polar surface area (TPSA) is 46.5 Å². The van der Waals surface area contributed by atoms with E-state index in [1.807, 2.05) is 32.1 Å². The van der Waals surface area contributed by atoms with E-state index in [9.17, 15) is 9.90 Å². The van der Waals surface area contributed by atoms with E-state index in [1.54, 1.807) is 6.07 Å². The summed E-state index contributed by atoms with van der Waals surface area (Å²) in [5.74, 6) is -1.63. The zero-order valence-corrected chi connectivity index (χ0v) is 17.3. The summed E-state index contributed by atoms with van der Waals surface area (Å²) in [7, 11) is 0. The van der Waals surface area contributed by atoms with Crippen molar-refractivity contribution in [1.29, 1.82) is 0 Å². The summed E-state index contributed by atoms with van der Waals surface area (Å²) in [4.78, 5) is 12.6. The first kappa shape index (κ1) is 21.2. The highest BCUT2D eigenvalue weighted by molar-refractivity contribution is 6.07. The highest BCUT2D eigenvalue weighted by Gasteiger charge is 2.46. The van der Waals surface area contributed by atoms with E-state index in [4.69, 9.17) is 4.74 Å². The van der Waals surface area contributed by atoms with Crippen LogP contribution in [0.3, 0.4) is 0 Å². The summed E-state index contributed by atoms with van der Waals surface area (Å²) in [6.45, 7) is 10.3. The Morgan fingerprint density at radius 2 is 1.67 bits per heavy atom. The van der Waals surface area contributed by atoms with Crippen molar-refractivity contribution >= 4 is 5.78 Å². The van der Waals surface area contributed by atoms with Crippen LogP contribution in [0, 0.1) is 6.92 Å². The van der Waals surface area contributed by atoms with Gasteiger partial charge in [-0.25, -0.2) is 0 Å². The fraction of sp³-hybridized carbons (Fsp3) is 0.458. The third kappa shape index (κ3) is 5.67. The summed E-state index contributed by atoms with van der Waals surface area (Å²) in [6, 6.07) is 5.43. The molecule has 0 amide bonds. The number of ether oxygens (including phenoxy) is 1. The number of aliphatic hydroxyl groups is 1. The molecule has 1 N–H and O–H groups in total. The fourth-order valence-corrected chi connectivity index (χ4v) is 3.23. The van der Waals surface area contributed by atoms with Crippen molar-refractivity contribution in [2.45, 2.75) is 72.5 Å². The molecule has 3 heteroatoms. The van der Waals surface area contributed by atoms with Crippen LogP contribution in [-0.2, 0) is 0 Å². The molecule has 0 fully saturated rings. The van der Waals surface area contributed by atoms with Crippen LogP contribution in [0.15, 0.2) is 53.1 Å². The standard InChI is InChI=1S/C24H32O3/c1-17(2)9-6-10-18(3)11-7-12-19(4)15-16-24(26)23(25)22-20(5)13-8-14-21(22)27-24/h8-9,11,13-15,26H,6-7,10,12,16H2,1-5H3/b18-11-,19-15+/t24-/m0/s1. The van der Waals surface area contributed by atoms with E-state index < -0.39 is 5.79 Å². The molecule has 1 aliphatic heterocycles. The lowest BCUT2D eigenvalue weighted by molar-refractivity contribution is -0.0871. The van der Waals surface area contributed by atoms with Gasteiger partial charge in [0.25, 0.3) is 5.79 Å². The molecule has 1 aliphatic rings. The lowest BCUT2D eigenvalue weighted by Gasteiger charge is -2.19. The number of allylic oxidation sites excluding steroid dienone is 5. The molecule has 2 rings (SSSR count). The number of fused-ring (bicyclic) bond motifs is 1. The van der Waals surface area contributed by atoms with Gasteiger partial charge in [0.15, 0.2) is 0 Å². The Kier molecular flexibility index (Phi) is 7.20. The van der Waals surface area contributed by atoms with Crippen LogP contribution in [-0.4, -0.2) is 16.7 Å². The smallest absolute Gasteiger partial charge is 0.276 e. The first-order chi connectivity index (χ1) is 12.7. The summed E-state index contributed by atoms with van der Waals surface area (Å²) in [5.41, 5.74) is 5.25. The molecule has 0 saturated carbocycles. The van der Waals surface area contributed by atoms with Crippen molar-refractivity contribution in [3.05, 3.63) is 64.3 Å². The largest absolute Gasteiger partial charge is 0.453 e. The number of carbonyl (C=O) groups is 1. The highest BCUT2D eigenvalue weighted by Crippen LogP contribution is 2.37. The van der Waals surface area contributed by atoms with Gasteiger partial charge in [0.05, 0.1) is 5.56 Å². The van der Waals surface area contributed by atoms with Gasteiger partial charge in [-0.3, -0.25) is 4.79 Å².